The number of nitrogens with zero attached hydrogens (tertiary/aromatic N) is 1. The van der Waals surface area contributed by atoms with Crippen molar-refractivity contribution in [1.82, 2.24) is 10.4 Å². The molecule has 1 unspecified atom stereocenters. The van der Waals surface area contributed by atoms with Gasteiger partial charge in [-0.2, -0.15) is 0 Å². The molecule has 0 aromatic heterocycles. The summed E-state index contributed by atoms with van der Waals surface area (Å²) in [4.78, 5) is 0. The molecule has 0 aromatic rings. The van der Waals surface area contributed by atoms with Crippen LogP contribution in [0.2, 0.25) is 0 Å². The van der Waals surface area contributed by atoms with Crippen LogP contribution in [0.4, 0.5) is 8.78 Å². The molecule has 1 saturated carbocycles. The SMILES string of the molecule is CC(C)(C)C1CNN(C2CC(F)(F)C2)C1. The van der Waals surface area contributed by atoms with Gasteiger partial charge in [-0.1, -0.05) is 20.8 Å². The molecule has 1 atom stereocenters. The van der Waals surface area contributed by atoms with Crippen LogP contribution < -0.4 is 5.43 Å². The van der Waals surface area contributed by atoms with Gasteiger partial charge in [0, 0.05) is 32.0 Å². The molecule has 0 bridgehead atoms. The predicted octanol–water partition coefficient (Wildman–Crippen LogP) is 2.27. The molecule has 1 heterocycles. The number of hydrazine groups is 1. The molecule has 15 heavy (non-hydrogen) atoms. The van der Waals surface area contributed by atoms with Gasteiger partial charge in [0.1, 0.15) is 0 Å². The van der Waals surface area contributed by atoms with E-state index in [1.54, 1.807) is 0 Å². The maximum absolute atomic E-state index is 12.7. The molecule has 2 fully saturated rings. The summed E-state index contributed by atoms with van der Waals surface area (Å²) in [5.41, 5.74) is 3.51. The molecule has 0 aromatic carbocycles. The molecule has 4 heteroatoms. The third-order valence-electron chi connectivity index (χ3n) is 3.69. The van der Waals surface area contributed by atoms with Gasteiger partial charge < -0.3 is 0 Å². The molecule has 1 aliphatic carbocycles. The number of hydrogen-bond donors (Lipinski definition) is 1. The Kier molecular flexibility index (Phi) is 2.54. The van der Waals surface area contributed by atoms with E-state index in [0.29, 0.717) is 5.92 Å². The zero-order chi connectivity index (χ0) is 11.3. The van der Waals surface area contributed by atoms with Gasteiger partial charge in [0.15, 0.2) is 0 Å². The topological polar surface area (TPSA) is 15.3 Å². The van der Waals surface area contributed by atoms with E-state index in [1.165, 1.54) is 0 Å². The van der Waals surface area contributed by atoms with Gasteiger partial charge in [0.25, 0.3) is 5.92 Å². The highest BCUT2D eigenvalue weighted by molar-refractivity contribution is 4.95. The minimum atomic E-state index is -2.41. The fourth-order valence-corrected chi connectivity index (χ4v) is 2.30. The summed E-state index contributed by atoms with van der Waals surface area (Å²) >= 11 is 0. The standard InChI is InChI=1S/C11H20F2N2/c1-10(2,3)8-6-14-15(7-8)9-4-11(12,13)5-9/h8-9,14H,4-7H2,1-3H3. The van der Waals surface area contributed by atoms with Crippen LogP contribution in [-0.2, 0) is 0 Å². The van der Waals surface area contributed by atoms with Crippen LogP contribution in [0.25, 0.3) is 0 Å². The fraction of sp³-hybridized carbons (Fsp3) is 1.00. The lowest BCUT2D eigenvalue weighted by atomic mass is 9.81. The lowest BCUT2D eigenvalue weighted by Gasteiger charge is -2.40. The van der Waals surface area contributed by atoms with Crippen molar-refractivity contribution in [3.05, 3.63) is 0 Å². The third-order valence-corrected chi connectivity index (χ3v) is 3.69. The molecule has 2 rings (SSSR count). The number of rotatable bonds is 1. The first-order valence-electron chi connectivity index (χ1n) is 5.66. The van der Waals surface area contributed by atoms with E-state index in [2.05, 4.69) is 26.2 Å². The van der Waals surface area contributed by atoms with Gasteiger partial charge in [0.05, 0.1) is 0 Å². The first-order valence-corrected chi connectivity index (χ1v) is 5.66. The molecular formula is C11H20F2N2. The smallest absolute Gasteiger partial charge is 0.251 e. The van der Waals surface area contributed by atoms with Gasteiger partial charge in [-0.3, -0.25) is 5.43 Å². The lowest BCUT2D eigenvalue weighted by molar-refractivity contribution is -0.129. The molecule has 0 spiro atoms. The lowest BCUT2D eigenvalue weighted by Crippen LogP contribution is -2.53. The van der Waals surface area contributed by atoms with E-state index in [9.17, 15) is 8.78 Å². The van der Waals surface area contributed by atoms with Crippen LogP contribution in [0.3, 0.4) is 0 Å². The maximum Gasteiger partial charge on any atom is 0.251 e. The zero-order valence-electron chi connectivity index (χ0n) is 9.69. The second kappa shape index (κ2) is 3.39. The van der Waals surface area contributed by atoms with Crippen LogP contribution in [0.15, 0.2) is 0 Å². The quantitative estimate of drug-likeness (QED) is 0.726. The van der Waals surface area contributed by atoms with Crippen LogP contribution in [0.1, 0.15) is 33.6 Å². The third kappa shape index (κ3) is 2.31. The molecule has 1 saturated heterocycles. The summed E-state index contributed by atoms with van der Waals surface area (Å²) in [6.07, 6.45) is 0.0493. The molecule has 2 aliphatic rings. The Morgan fingerprint density at radius 1 is 1.27 bits per heavy atom. The van der Waals surface area contributed by atoms with Gasteiger partial charge >= 0.3 is 0 Å². The van der Waals surface area contributed by atoms with E-state index in [0.717, 1.165) is 13.1 Å². The Morgan fingerprint density at radius 3 is 2.27 bits per heavy atom. The maximum atomic E-state index is 12.7. The van der Waals surface area contributed by atoms with Gasteiger partial charge in [-0.25, -0.2) is 13.8 Å². The van der Waals surface area contributed by atoms with Crippen molar-refractivity contribution in [2.24, 2.45) is 11.3 Å². The van der Waals surface area contributed by atoms with Crippen LogP contribution in [0, 0.1) is 11.3 Å². The second-order valence-corrected chi connectivity index (χ2v) is 6.00. The Morgan fingerprint density at radius 2 is 1.87 bits per heavy atom. The van der Waals surface area contributed by atoms with Crippen molar-refractivity contribution < 1.29 is 8.78 Å². The van der Waals surface area contributed by atoms with E-state index >= 15 is 0 Å². The molecule has 1 N–H and O–H groups in total. The van der Waals surface area contributed by atoms with Crippen LogP contribution in [-0.4, -0.2) is 30.1 Å². The summed E-state index contributed by atoms with van der Waals surface area (Å²) in [7, 11) is 0. The first-order chi connectivity index (χ1) is 6.78. The molecule has 88 valence electrons. The highest BCUT2D eigenvalue weighted by atomic mass is 19.3. The number of hydrogen-bond acceptors (Lipinski definition) is 2. The first kappa shape index (κ1) is 11.3. The number of halogens is 2. The minimum Gasteiger partial charge on any atom is -0.255 e. The van der Waals surface area contributed by atoms with E-state index in [1.807, 2.05) is 5.01 Å². The largest absolute Gasteiger partial charge is 0.255 e. The van der Waals surface area contributed by atoms with Gasteiger partial charge in [-0.05, 0) is 11.3 Å². The van der Waals surface area contributed by atoms with Crippen molar-refractivity contribution in [2.75, 3.05) is 13.1 Å². The van der Waals surface area contributed by atoms with Crippen LogP contribution in [0.5, 0.6) is 0 Å². The molecule has 0 radical (unpaired) electrons. The average molecular weight is 218 g/mol. The van der Waals surface area contributed by atoms with Crippen molar-refractivity contribution in [1.29, 1.82) is 0 Å². The molecular weight excluding hydrogens is 198 g/mol. The van der Waals surface area contributed by atoms with E-state index in [4.69, 9.17) is 0 Å². The fourth-order valence-electron chi connectivity index (χ4n) is 2.30. The summed E-state index contributed by atoms with van der Waals surface area (Å²) in [6.45, 7) is 8.45. The van der Waals surface area contributed by atoms with Crippen molar-refractivity contribution in [2.45, 2.75) is 45.6 Å². The Labute approximate surface area is 90.0 Å². The summed E-state index contributed by atoms with van der Waals surface area (Å²) in [6, 6.07) is 0.0485. The van der Waals surface area contributed by atoms with Gasteiger partial charge in [-0.15, -0.1) is 0 Å². The number of alkyl halides is 2. The monoisotopic (exact) mass is 218 g/mol. The number of nitrogens with one attached hydrogen (secondary N) is 1. The van der Waals surface area contributed by atoms with Crippen LogP contribution >= 0.6 is 0 Å². The Hall–Kier alpha value is -0.220. The summed E-state index contributed by atoms with van der Waals surface area (Å²) in [5.74, 6) is -1.85. The average Bonchev–Trinajstić information content (AvgIpc) is 2.45. The molecule has 0 amide bonds. The van der Waals surface area contributed by atoms with Crippen molar-refractivity contribution in [3.8, 4) is 0 Å². The second-order valence-electron chi connectivity index (χ2n) is 6.00. The Balaban J connectivity index is 1.84. The minimum absolute atomic E-state index is 0.0247. The summed E-state index contributed by atoms with van der Waals surface area (Å²) < 4.78 is 25.4. The zero-order valence-corrected chi connectivity index (χ0v) is 9.69. The molecule has 1 aliphatic heterocycles. The van der Waals surface area contributed by atoms with Gasteiger partial charge in [0.2, 0.25) is 0 Å². The predicted molar refractivity (Wildman–Crippen MR) is 55.6 cm³/mol. The summed E-state index contributed by atoms with van der Waals surface area (Å²) in [5, 5.41) is 2.02. The highest BCUT2D eigenvalue weighted by Gasteiger charge is 2.49. The van der Waals surface area contributed by atoms with Crippen molar-refractivity contribution in [3.63, 3.8) is 0 Å². The Bertz CT molecular complexity index is 239. The molecule has 2 nitrogen and oxygen atoms in total. The highest BCUT2D eigenvalue weighted by Crippen LogP contribution is 2.41. The normalized spacial score (nSPS) is 33.0. The van der Waals surface area contributed by atoms with Crippen molar-refractivity contribution >= 4 is 0 Å². The van der Waals surface area contributed by atoms with E-state index < -0.39 is 5.92 Å². The van der Waals surface area contributed by atoms with E-state index in [-0.39, 0.29) is 24.3 Å².